The van der Waals surface area contributed by atoms with E-state index in [-0.39, 0.29) is 6.04 Å². The van der Waals surface area contributed by atoms with E-state index in [0.717, 1.165) is 43.1 Å². The van der Waals surface area contributed by atoms with Crippen LogP contribution in [0, 0.1) is 6.92 Å². The summed E-state index contributed by atoms with van der Waals surface area (Å²) in [7, 11) is 0. The Balaban J connectivity index is 1.25. The van der Waals surface area contributed by atoms with Gasteiger partial charge in [-0.1, -0.05) is 60.7 Å². The smallest absolute Gasteiger partial charge is 0.150 e. The summed E-state index contributed by atoms with van der Waals surface area (Å²) in [5.74, 6) is 0.885. The lowest BCUT2D eigenvalue weighted by Crippen LogP contribution is -2.22. The maximum atomic E-state index is 5.18. The number of anilines is 2. The van der Waals surface area contributed by atoms with Gasteiger partial charge in [0.25, 0.3) is 0 Å². The van der Waals surface area contributed by atoms with Gasteiger partial charge >= 0.3 is 0 Å². The fourth-order valence-electron chi connectivity index (χ4n) is 6.76. The van der Waals surface area contributed by atoms with Gasteiger partial charge in [0.15, 0.2) is 0 Å². The quantitative estimate of drug-likeness (QED) is 0.181. The van der Waals surface area contributed by atoms with Crippen LogP contribution in [-0.2, 0) is 6.54 Å². The van der Waals surface area contributed by atoms with Crippen LogP contribution in [0.25, 0.3) is 38.8 Å². The summed E-state index contributed by atoms with van der Waals surface area (Å²) in [4.78, 5) is 7.46. The zero-order valence-corrected chi connectivity index (χ0v) is 26.0. The summed E-state index contributed by atoms with van der Waals surface area (Å²) in [6, 6.07) is 35.1. The van der Waals surface area contributed by atoms with Gasteiger partial charge in [-0.25, -0.2) is 9.99 Å². The van der Waals surface area contributed by atoms with Crippen molar-refractivity contribution >= 4 is 56.0 Å². The molecule has 1 unspecified atom stereocenters. The van der Waals surface area contributed by atoms with Gasteiger partial charge in [-0.15, -0.1) is 0 Å². The average Bonchev–Trinajstić information content (AvgIpc) is 3.64. The van der Waals surface area contributed by atoms with Crippen LogP contribution in [0.1, 0.15) is 49.9 Å². The second-order valence-corrected chi connectivity index (χ2v) is 11.6. The first-order valence-electron chi connectivity index (χ1n) is 15.8. The molecule has 4 aromatic carbocycles. The van der Waals surface area contributed by atoms with Gasteiger partial charge in [0, 0.05) is 58.9 Å². The Morgan fingerprint density at radius 1 is 0.773 bits per heavy atom. The molecule has 0 bridgehead atoms. The number of allylic oxidation sites excluding steroid dienone is 1. The van der Waals surface area contributed by atoms with Gasteiger partial charge in [-0.2, -0.15) is 5.10 Å². The number of benzene rings is 4. The summed E-state index contributed by atoms with van der Waals surface area (Å²) in [6.07, 6.45) is 5.21. The zero-order chi connectivity index (χ0) is 30.2. The highest BCUT2D eigenvalue weighted by atomic mass is 15.5. The first kappa shape index (κ1) is 27.9. The molecule has 2 aromatic heterocycles. The van der Waals surface area contributed by atoms with E-state index < -0.39 is 0 Å². The van der Waals surface area contributed by atoms with E-state index in [1.54, 1.807) is 0 Å². The molecule has 0 amide bonds. The minimum Gasteiger partial charge on any atom is -0.372 e. The molecule has 44 heavy (non-hydrogen) atoms. The van der Waals surface area contributed by atoms with Crippen LogP contribution in [0.15, 0.2) is 108 Å². The molecule has 3 heterocycles. The lowest BCUT2D eigenvalue weighted by molar-refractivity contribution is 0.700. The van der Waals surface area contributed by atoms with Crippen molar-refractivity contribution < 1.29 is 0 Å². The van der Waals surface area contributed by atoms with Crippen LogP contribution in [-0.4, -0.2) is 28.4 Å². The van der Waals surface area contributed by atoms with Gasteiger partial charge in [-0.3, -0.25) is 0 Å². The molecule has 1 aliphatic heterocycles. The molecular formula is C39H39N5. The number of aryl methyl sites for hydroxylation is 2. The van der Waals surface area contributed by atoms with Gasteiger partial charge in [0.05, 0.1) is 17.3 Å². The first-order chi connectivity index (χ1) is 21.6. The number of pyridine rings is 1. The van der Waals surface area contributed by atoms with Gasteiger partial charge in [0.1, 0.15) is 5.82 Å². The molecule has 1 atom stereocenters. The number of hydrazone groups is 1. The molecule has 5 heteroatoms. The third kappa shape index (κ3) is 4.92. The molecule has 0 saturated carbocycles. The fraction of sp³-hybridized carbons (Fsp3) is 0.231. The van der Waals surface area contributed by atoms with Crippen molar-refractivity contribution in [2.75, 3.05) is 23.0 Å². The summed E-state index contributed by atoms with van der Waals surface area (Å²) >= 11 is 0. The minimum atomic E-state index is 0.0680. The van der Waals surface area contributed by atoms with E-state index >= 15 is 0 Å². The van der Waals surface area contributed by atoms with E-state index in [1.165, 1.54) is 49.6 Å². The summed E-state index contributed by atoms with van der Waals surface area (Å²) in [6.45, 7) is 11.7. The number of hydrogen-bond donors (Lipinski definition) is 0. The predicted molar refractivity (Wildman–Crippen MR) is 188 cm³/mol. The van der Waals surface area contributed by atoms with Crippen LogP contribution in [0.4, 0.5) is 11.5 Å². The third-order valence-corrected chi connectivity index (χ3v) is 9.07. The number of aromatic nitrogens is 2. The third-order valence-electron chi connectivity index (χ3n) is 9.07. The van der Waals surface area contributed by atoms with Crippen LogP contribution in [0.2, 0.25) is 0 Å². The van der Waals surface area contributed by atoms with Crippen LogP contribution < -0.4 is 9.91 Å². The molecule has 1 aliphatic rings. The van der Waals surface area contributed by atoms with Crippen molar-refractivity contribution in [1.29, 1.82) is 0 Å². The molecule has 0 saturated heterocycles. The molecule has 6 aromatic rings. The van der Waals surface area contributed by atoms with E-state index in [0.29, 0.717) is 0 Å². The van der Waals surface area contributed by atoms with Crippen molar-refractivity contribution in [3.05, 3.63) is 120 Å². The van der Waals surface area contributed by atoms with Crippen molar-refractivity contribution in [2.45, 2.75) is 46.7 Å². The second kappa shape index (κ2) is 11.6. The molecule has 0 spiro atoms. The van der Waals surface area contributed by atoms with Crippen molar-refractivity contribution in [2.24, 2.45) is 5.10 Å². The fourth-order valence-corrected chi connectivity index (χ4v) is 6.76. The van der Waals surface area contributed by atoms with E-state index in [4.69, 9.17) is 10.1 Å². The Kier molecular flexibility index (Phi) is 7.39. The van der Waals surface area contributed by atoms with Gasteiger partial charge in [0.2, 0.25) is 0 Å². The Morgan fingerprint density at radius 3 is 2.27 bits per heavy atom. The number of rotatable bonds is 8. The topological polar surface area (TPSA) is 36.7 Å². The molecule has 0 N–H and O–H groups in total. The molecular weight excluding hydrogens is 538 g/mol. The number of nitrogens with zero attached hydrogens (tertiary/aromatic N) is 5. The lowest BCUT2D eigenvalue weighted by Gasteiger charge is -2.25. The maximum Gasteiger partial charge on any atom is 0.150 e. The maximum absolute atomic E-state index is 5.18. The Hall–Kier alpha value is -4.90. The number of fused-ring (bicyclic) bond motifs is 4. The Bertz CT molecular complexity index is 2030. The monoisotopic (exact) mass is 577 g/mol. The summed E-state index contributed by atoms with van der Waals surface area (Å²) < 4.78 is 2.39. The van der Waals surface area contributed by atoms with Crippen LogP contribution in [0.5, 0.6) is 0 Å². The first-order valence-corrected chi connectivity index (χ1v) is 15.8. The van der Waals surface area contributed by atoms with Crippen LogP contribution >= 0.6 is 0 Å². The molecule has 0 fully saturated rings. The molecule has 7 rings (SSSR count). The highest BCUT2D eigenvalue weighted by Crippen LogP contribution is 2.37. The predicted octanol–water partition coefficient (Wildman–Crippen LogP) is 9.54. The SMILES string of the molecule is CCN(CC)c1ccc(C2CC(C=Cc3ccc4c(c3)c3ccccc3n4CC)=NN2c2cc(C)c3ccccc3n2)cc1. The highest BCUT2D eigenvalue weighted by Gasteiger charge is 2.29. The van der Waals surface area contributed by atoms with Crippen molar-refractivity contribution in [3.8, 4) is 0 Å². The Morgan fingerprint density at radius 2 is 1.50 bits per heavy atom. The lowest BCUT2D eigenvalue weighted by atomic mass is 10.00. The summed E-state index contributed by atoms with van der Waals surface area (Å²) in [5.41, 5.74) is 9.50. The van der Waals surface area contributed by atoms with Crippen LogP contribution in [0.3, 0.4) is 0 Å². The normalized spacial score (nSPS) is 15.2. The largest absolute Gasteiger partial charge is 0.372 e. The van der Waals surface area contributed by atoms with E-state index in [2.05, 4.69) is 151 Å². The van der Waals surface area contributed by atoms with E-state index in [9.17, 15) is 0 Å². The zero-order valence-electron chi connectivity index (χ0n) is 26.0. The van der Waals surface area contributed by atoms with E-state index in [1.807, 2.05) is 0 Å². The molecule has 0 radical (unpaired) electrons. The number of hydrogen-bond acceptors (Lipinski definition) is 4. The summed E-state index contributed by atoms with van der Waals surface area (Å²) in [5, 5.41) is 11.1. The molecule has 5 nitrogen and oxygen atoms in total. The standard InChI is InChI=1S/C39H39N5/c1-5-42(6-2)31-21-18-29(19-22-31)38-26-30(41-44(38)39-24-27(4)32-12-8-10-14-35(32)40-39)20-16-28-17-23-37-34(25-28)33-13-9-11-15-36(33)43(37)7-3/h8-25,38H,5-7,26H2,1-4H3. The van der Waals surface area contributed by atoms with Gasteiger partial charge in [-0.05, 0) is 92.9 Å². The Labute approximate surface area is 259 Å². The van der Waals surface area contributed by atoms with Gasteiger partial charge < -0.3 is 9.47 Å². The van der Waals surface area contributed by atoms with Crippen molar-refractivity contribution in [3.63, 3.8) is 0 Å². The van der Waals surface area contributed by atoms with Crippen molar-refractivity contribution in [1.82, 2.24) is 9.55 Å². The minimum absolute atomic E-state index is 0.0680. The highest BCUT2D eigenvalue weighted by molar-refractivity contribution is 6.09. The average molecular weight is 578 g/mol. The second-order valence-electron chi connectivity index (χ2n) is 11.6. The molecule has 220 valence electrons. The molecule has 0 aliphatic carbocycles. The number of para-hydroxylation sites is 2.